The van der Waals surface area contributed by atoms with Crippen molar-refractivity contribution in [2.75, 3.05) is 7.11 Å². The van der Waals surface area contributed by atoms with Gasteiger partial charge in [-0.3, -0.25) is 4.79 Å². The summed E-state index contributed by atoms with van der Waals surface area (Å²) >= 11 is 0. The van der Waals surface area contributed by atoms with E-state index in [0.717, 1.165) is 21.9 Å². The van der Waals surface area contributed by atoms with Crippen LogP contribution in [0.1, 0.15) is 11.3 Å². The summed E-state index contributed by atoms with van der Waals surface area (Å²) in [6.07, 6.45) is 0. The van der Waals surface area contributed by atoms with E-state index in [1.165, 1.54) is 0 Å². The van der Waals surface area contributed by atoms with Crippen molar-refractivity contribution in [2.45, 2.75) is 13.5 Å². The number of H-pyrrole nitrogens is 2. The molecule has 4 aromatic rings. The molecule has 0 spiro atoms. The fourth-order valence-electron chi connectivity index (χ4n) is 2.99. The zero-order chi connectivity index (χ0) is 16.0. The summed E-state index contributed by atoms with van der Waals surface area (Å²) in [5, 5.41) is 5.88. The largest absolute Gasteiger partial charge is 0.380 e. The molecule has 0 bridgehead atoms. The van der Waals surface area contributed by atoms with E-state index in [4.69, 9.17) is 9.26 Å². The normalized spacial score (nSPS) is 11.6. The van der Waals surface area contributed by atoms with Gasteiger partial charge in [0.05, 0.1) is 12.3 Å². The number of ether oxygens (including phenoxy) is 1. The number of rotatable bonds is 3. The van der Waals surface area contributed by atoms with Crippen molar-refractivity contribution in [3.05, 3.63) is 52.0 Å². The quantitative estimate of drug-likeness (QED) is 0.609. The Bertz CT molecular complexity index is 1070. The average molecular weight is 309 g/mol. The molecule has 0 saturated carbocycles. The molecule has 3 aromatic heterocycles. The number of aromatic nitrogens is 3. The third-order valence-electron chi connectivity index (χ3n) is 3.95. The van der Waals surface area contributed by atoms with Crippen molar-refractivity contribution in [2.24, 2.45) is 0 Å². The highest BCUT2D eigenvalue weighted by atomic mass is 16.5. The van der Waals surface area contributed by atoms with E-state index in [0.29, 0.717) is 29.3 Å². The third-order valence-corrected chi connectivity index (χ3v) is 3.95. The van der Waals surface area contributed by atoms with Crippen molar-refractivity contribution in [1.82, 2.24) is 15.1 Å². The van der Waals surface area contributed by atoms with Gasteiger partial charge in [-0.15, -0.1) is 0 Å². The molecule has 6 nitrogen and oxygen atoms in total. The van der Waals surface area contributed by atoms with Crippen LogP contribution in [0.4, 0.5) is 0 Å². The van der Waals surface area contributed by atoms with Crippen LogP contribution in [-0.2, 0) is 11.3 Å². The number of pyridine rings is 1. The lowest BCUT2D eigenvalue weighted by Gasteiger charge is -2.08. The molecule has 0 atom stereocenters. The van der Waals surface area contributed by atoms with Crippen molar-refractivity contribution in [1.29, 1.82) is 0 Å². The van der Waals surface area contributed by atoms with Crippen molar-refractivity contribution in [3.63, 3.8) is 0 Å². The summed E-state index contributed by atoms with van der Waals surface area (Å²) in [5.41, 5.74) is 3.38. The highest BCUT2D eigenvalue weighted by Gasteiger charge is 2.19. The van der Waals surface area contributed by atoms with Crippen LogP contribution in [-0.4, -0.2) is 22.2 Å². The molecule has 0 aliphatic carbocycles. The molecule has 3 heterocycles. The minimum atomic E-state index is -0.188. The van der Waals surface area contributed by atoms with E-state index in [2.05, 4.69) is 15.1 Å². The van der Waals surface area contributed by atoms with Crippen molar-refractivity contribution < 1.29 is 9.26 Å². The fraction of sp³-hybridized carbons (Fsp3) is 0.176. The summed E-state index contributed by atoms with van der Waals surface area (Å²) in [6.45, 7) is 2.17. The number of fused-ring (bicyclic) bond motifs is 3. The first-order valence-electron chi connectivity index (χ1n) is 7.27. The predicted molar refractivity (Wildman–Crippen MR) is 87.4 cm³/mol. The van der Waals surface area contributed by atoms with Gasteiger partial charge >= 0.3 is 0 Å². The molecule has 0 unspecified atom stereocenters. The highest BCUT2D eigenvalue weighted by Crippen LogP contribution is 2.32. The first-order valence-corrected chi connectivity index (χ1v) is 7.27. The predicted octanol–water partition coefficient (Wildman–Crippen LogP) is 3.12. The van der Waals surface area contributed by atoms with Crippen LogP contribution >= 0.6 is 0 Å². The van der Waals surface area contributed by atoms with Gasteiger partial charge in [0.1, 0.15) is 17.0 Å². The zero-order valence-electron chi connectivity index (χ0n) is 12.8. The minimum Gasteiger partial charge on any atom is -0.380 e. The van der Waals surface area contributed by atoms with Crippen LogP contribution in [0.2, 0.25) is 0 Å². The smallest absolute Gasteiger partial charge is 0.272 e. The summed E-state index contributed by atoms with van der Waals surface area (Å²) in [5.74, 6) is 0.684. The molecule has 0 aliphatic rings. The van der Waals surface area contributed by atoms with Crippen LogP contribution in [0.5, 0.6) is 0 Å². The lowest BCUT2D eigenvalue weighted by Crippen LogP contribution is -2.11. The molecule has 6 heteroatoms. The number of benzene rings is 1. The molecule has 0 amide bonds. The van der Waals surface area contributed by atoms with Crippen molar-refractivity contribution in [3.8, 4) is 11.4 Å². The maximum atomic E-state index is 12.5. The second-order valence-corrected chi connectivity index (χ2v) is 5.48. The Balaban J connectivity index is 2.17. The molecule has 116 valence electrons. The molecule has 0 radical (unpaired) electrons. The molecule has 4 rings (SSSR count). The van der Waals surface area contributed by atoms with Crippen LogP contribution in [0.15, 0.2) is 39.6 Å². The Kier molecular flexibility index (Phi) is 3.06. The number of hydrogen-bond donors (Lipinski definition) is 2. The van der Waals surface area contributed by atoms with Gasteiger partial charge in [0.15, 0.2) is 0 Å². The summed E-state index contributed by atoms with van der Waals surface area (Å²) in [6, 6.07) is 9.62. The Morgan fingerprint density at radius 1 is 1.26 bits per heavy atom. The third kappa shape index (κ3) is 2.07. The minimum absolute atomic E-state index is 0.188. The Labute approximate surface area is 131 Å². The Hall–Kier alpha value is -2.86. The molecule has 2 N–H and O–H groups in total. The number of aryl methyl sites for hydroxylation is 1. The molecule has 0 saturated heterocycles. The summed E-state index contributed by atoms with van der Waals surface area (Å²) in [7, 11) is 1.63. The fourth-order valence-corrected chi connectivity index (χ4v) is 2.99. The van der Waals surface area contributed by atoms with E-state index in [1.54, 1.807) is 13.2 Å². The van der Waals surface area contributed by atoms with Gasteiger partial charge in [0.2, 0.25) is 0 Å². The molecule has 1 aromatic carbocycles. The first-order chi connectivity index (χ1) is 11.2. The summed E-state index contributed by atoms with van der Waals surface area (Å²) in [4.78, 5) is 18.6. The van der Waals surface area contributed by atoms with E-state index in [1.807, 2.05) is 31.2 Å². The average Bonchev–Trinajstić information content (AvgIpc) is 3.14. The SMILES string of the molecule is COCc1c(-c2cc(C)on2)[nH]c(=O)c2[nH]c3ccccc3c12. The highest BCUT2D eigenvalue weighted by molar-refractivity contribution is 6.09. The topological polar surface area (TPSA) is 83.9 Å². The monoisotopic (exact) mass is 309 g/mol. The van der Waals surface area contributed by atoms with E-state index in [-0.39, 0.29) is 5.56 Å². The maximum Gasteiger partial charge on any atom is 0.272 e. The molecule has 23 heavy (non-hydrogen) atoms. The zero-order valence-corrected chi connectivity index (χ0v) is 12.8. The van der Waals surface area contributed by atoms with Gasteiger partial charge in [-0.1, -0.05) is 23.4 Å². The number of hydrogen-bond acceptors (Lipinski definition) is 4. The lowest BCUT2D eigenvalue weighted by atomic mass is 10.0. The van der Waals surface area contributed by atoms with Gasteiger partial charge in [0, 0.05) is 35.0 Å². The van der Waals surface area contributed by atoms with Gasteiger partial charge in [-0.25, -0.2) is 0 Å². The van der Waals surface area contributed by atoms with Crippen LogP contribution in [0.3, 0.4) is 0 Å². The van der Waals surface area contributed by atoms with Crippen LogP contribution in [0.25, 0.3) is 33.2 Å². The van der Waals surface area contributed by atoms with E-state index < -0.39 is 0 Å². The Morgan fingerprint density at radius 2 is 2.09 bits per heavy atom. The van der Waals surface area contributed by atoms with Gasteiger partial charge in [0.25, 0.3) is 5.56 Å². The standard InChI is InChI=1S/C17H15N3O3/c1-9-7-13(20-23-9)15-11(8-22-2)14-10-5-3-4-6-12(10)18-16(14)17(21)19-15/h3-7,18H,8H2,1-2H3,(H,19,21). The van der Waals surface area contributed by atoms with Gasteiger partial charge in [-0.2, -0.15) is 0 Å². The molecule has 0 aliphatic heterocycles. The molecular weight excluding hydrogens is 294 g/mol. The van der Waals surface area contributed by atoms with Crippen LogP contribution < -0.4 is 5.56 Å². The number of methoxy groups -OCH3 is 1. The summed E-state index contributed by atoms with van der Waals surface area (Å²) < 4.78 is 10.5. The van der Waals surface area contributed by atoms with Crippen LogP contribution in [0, 0.1) is 6.92 Å². The van der Waals surface area contributed by atoms with E-state index >= 15 is 0 Å². The van der Waals surface area contributed by atoms with Gasteiger partial charge in [-0.05, 0) is 13.0 Å². The van der Waals surface area contributed by atoms with Gasteiger partial charge < -0.3 is 19.2 Å². The molecule has 0 fully saturated rings. The second-order valence-electron chi connectivity index (χ2n) is 5.48. The van der Waals surface area contributed by atoms with Crippen molar-refractivity contribution >= 4 is 21.8 Å². The lowest BCUT2D eigenvalue weighted by molar-refractivity contribution is 0.186. The number of aromatic amines is 2. The number of nitrogens with zero attached hydrogens (tertiary/aromatic N) is 1. The molecular formula is C17H15N3O3. The number of para-hydroxylation sites is 1. The Morgan fingerprint density at radius 3 is 2.83 bits per heavy atom. The first kappa shape index (κ1) is 13.8. The second kappa shape index (κ2) is 5.10. The maximum absolute atomic E-state index is 12.5. The number of nitrogens with one attached hydrogen (secondary N) is 2. The van der Waals surface area contributed by atoms with E-state index in [9.17, 15) is 4.79 Å².